The molecular weight excluding hydrogens is 311 g/mol. The van der Waals surface area contributed by atoms with E-state index in [2.05, 4.69) is 12.2 Å². The lowest BCUT2D eigenvalue weighted by Gasteiger charge is -2.57. The highest BCUT2D eigenvalue weighted by Crippen LogP contribution is 2.49. The first kappa shape index (κ1) is 14.9. The zero-order valence-corrected chi connectivity index (χ0v) is 14.0. The summed E-state index contributed by atoms with van der Waals surface area (Å²) in [5.74, 6) is -0.0680. The smallest absolute Gasteiger partial charge is 0.187 e. The molecule has 0 aromatic heterocycles. The Hall–Kier alpha value is -1.07. The summed E-state index contributed by atoms with van der Waals surface area (Å²) in [5, 5.41) is 4.31. The van der Waals surface area contributed by atoms with E-state index in [0.29, 0.717) is 10.1 Å². The van der Waals surface area contributed by atoms with Crippen molar-refractivity contribution in [3.8, 4) is 5.75 Å². The molecule has 1 aromatic rings. The molecule has 2 aliphatic rings. The SMILES string of the molecule is CC(C)N1C(=S)NC2c3cc(Cl)cc(F)c3OC1(C)C2C. The van der Waals surface area contributed by atoms with Gasteiger partial charge in [-0.3, -0.25) is 0 Å². The van der Waals surface area contributed by atoms with Crippen LogP contribution in [0.15, 0.2) is 12.1 Å². The van der Waals surface area contributed by atoms with Crippen LogP contribution in [0, 0.1) is 11.7 Å². The van der Waals surface area contributed by atoms with Crippen molar-refractivity contribution in [3.63, 3.8) is 0 Å². The first-order valence-electron chi connectivity index (χ1n) is 7.03. The fourth-order valence-electron chi connectivity index (χ4n) is 3.42. The molecule has 0 saturated carbocycles. The largest absolute Gasteiger partial charge is 0.464 e. The average Bonchev–Trinajstić information content (AvgIpc) is 2.35. The lowest BCUT2D eigenvalue weighted by Crippen LogP contribution is -2.70. The van der Waals surface area contributed by atoms with E-state index in [4.69, 9.17) is 28.6 Å². The normalized spacial score (nSPS) is 30.8. The van der Waals surface area contributed by atoms with Crippen LogP contribution in [0.3, 0.4) is 0 Å². The van der Waals surface area contributed by atoms with Gasteiger partial charge < -0.3 is 15.0 Å². The Morgan fingerprint density at radius 2 is 2.14 bits per heavy atom. The van der Waals surface area contributed by atoms with Gasteiger partial charge in [0.05, 0.1) is 6.04 Å². The molecule has 2 bridgehead atoms. The highest BCUT2D eigenvalue weighted by atomic mass is 35.5. The Labute approximate surface area is 134 Å². The van der Waals surface area contributed by atoms with Crippen molar-refractivity contribution in [2.75, 3.05) is 0 Å². The quantitative estimate of drug-likeness (QED) is 0.791. The summed E-state index contributed by atoms with van der Waals surface area (Å²) in [6.07, 6.45) is 0. The van der Waals surface area contributed by atoms with Crippen molar-refractivity contribution in [1.82, 2.24) is 10.2 Å². The molecule has 1 fully saturated rings. The molecule has 0 radical (unpaired) electrons. The van der Waals surface area contributed by atoms with Crippen LogP contribution >= 0.6 is 23.8 Å². The Morgan fingerprint density at radius 1 is 1.48 bits per heavy atom. The third-order valence-corrected chi connectivity index (χ3v) is 5.05. The Morgan fingerprint density at radius 3 is 2.76 bits per heavy atom. The number of rotatable bonds is 1. The van der Waals surface area contributed by atoms with Crippen LogP contribution in [0.5, 0.6) is 5.75 Å². The van der Waals surface area contributed by atoms with Gasteiger partial charge in [0.25, 0.3) is 0 Å². The number of hydrogen-bond acceptors (Lipinski definition) is 2. The predicted octanol–water partition coefficient (Wildman–Crippen LogP) is 3.86. The summed E-state index contributed by atoms with van der Waals surface area (Å²) in [6.45, 7) is 8.14. The zero-order chi connectivity index (χ0) is 15.5. The Balaban J connectivity index is 2.19. The maximum atomic E-state index is 14.3. The van der Waals surface area contributed by atoms with Gasteiger partial charge in [-0.15, -0.1) is 0 Å². The Kier molecular flexibility index (Phi) is 3.33. The van der Waals surface area contributed by atoms with Crippen molar-refractivity contribution in [1.29, 1.82) is 0 Å². The number of nitrogens with zero attached hydrogens (tertiary/aromatic N) is 1. The number of nitrogens with one attached hydrogen (secondary N) is 1. The van der Waals surface area contributed by atoms with Crippen molar-refractivity contribution in [2.24, 2.45) is 5.92 Å². The topological polar surface area (TPSA) is 24.5 Å². The molecule has 1 aromatic carbocycles. The molecular formula is C15H18ClFN2OS. The lowest BCUT2D eigenvalue weighted by atomic mass is 9.80. The van der Waals surface area contributed by atoms with Crippen molar-refractivity contribution < 1.29 is 9.13 Å². The third-order valence-electron chi connectivity index (χ3n) is 4.52. The zero-order valence-electron chi connectivity index (χ0n) is 12.4. The summed E-state index contributed by atoms with van der Waals surface area (Å²) >= 11 is 11.5. The van der Waals surface area contributed by atoms with E-state index in [9.17, 15) is 4.39 Å². The maximum absolute atomic E-state index is 14.3. The van der Waals surface area contributed by atoms with Crippen molar-refractivity contribution in [3.05, 3.63) is 28.5 Å². The minimum atomic E-state index is -0.678. The number of hydrogen-bond donors (Lipinski definition) is 1. The summed E-state index contributed by atoms with van der Waals surface area (Å²) in [6, 6.07) is 3.08. The molecule has 21 heavy (non-hydrogen) atoms. The van der Waals surface area contributed by atoms with Gasteiger partial charge in [-0.05, 0) is 45.1 Å². The lowest BCUT2D eigenvalue weighted by molar-refractivity contribution is -0.123. The van der Waals surface area contributed by atoms with Gasteiger partial charge in [0, 0.05) is 22.5 Å². The van der Waals surface area contributed by atoms with Gasteiger partial charge in [-0.1, -0.05) is 18.5 Å². The van der Waals surface area contributed by atoms with Crippen molar-refractivity contribution in [2.45, 2.75) is 45.5 Å². The molecule has 3 nitrogen and oxygen atoms in total. The van der Waals surface area contributed by atoms with Gasteiger partial charge >= 0.3 is 0 Å². The van der Waals surface area contributed by atoms with E-state index < -0.39 is 11.5 Å². The fraction of sp³-hybridized carbons (Fsp3) is 0.533. The molecule has 1 N–H and O–H groups in total. The van der Waals surface area contributed by atoms with Crippen LogP contribution in [-0.4, -0.2) is 21.8 Å². The molecule has 1 saturated heterocycles. The van der Waals surface area contributed by atoms with Gasteiger partial charge in [-0.25, -0.2) is 4.39 Å². The average molecular weight is 329 g/mol. The van der Waals surface area contributed by atoms with Crippen LogP contribution in [-0.2, 0) is 0 Å². The summed E-state index contributed by atoms with van der Waals surface area (Å²) in [7, 11) is 0. The number of benzene rings is 1. The molecule has 3 atom stereocenters. The summed E-state index contributed by atoms with van der Waals surface area (Å²) < 4.78 is 20.4. The van der Waals surface area contributed by atoms with Gasteiger partial charge in [0.15, 0.2) is 22.4 Å². The number of ether oxygens (including phenoxy) is 1. The van der Waals surface area contributed by atoms with E-state index in [-0.39, 0.29) is 23.8 Å². The second kappa shape index (κ2) is 4.71. The second-order valence-corrected chi connectivity index (χ2v) is 6.97. The first-order valence-corrected chi connectivity index (χ1v) is 7.82. The van der Waals surface area contributed by atoms with Gasteiger partial charge in [0.2, 0.25) is 0 Å². The third kappa shape index (κ3) is 2.01. The minimum Gasteiger partial charge on any atom is -0.464 e. The molecule has 3 unspecified atom stereocenters. The first-order chi connectivity index (χ1) is 9.75. The van der Waals surface area contributed by atoms with Crippen LogP contribution < -0.4 is 10.1 Å². The monoisotopic (exact) mass is 328 g/mol. The van der Waals surface area contributed by atoms with Crippen LogP contribution in [0.1, 0.15) is 39.3 Å². The molecule has 0 spiro atoms. The maximum Gasteiger partial charge on any atom is 0.187 e. The number of fused-ring (bicyclic) bond motifs is 4. The van der Waals surface area contributed by atoms with Gasteiger partial charge in [-0.2, -0.15) is 0 Å². The second-order valence-electron chi connectivity index (χ2n) is 6.14. The highest BCUT2D eigenvalue weighted by molar-refractivity contribution is 7.80. The molecule has 2 heterocycles. The molecule has 114 valence electrons. The molecule has 3 rings (SSSR count). The number of halogens is 2. The summed E-state index contributed by atoms with van der Waals surface area (Å²) in [4.78, 5) is 2.00. The van der Waals surface area contributed by atoms with E-state index in [0.717, 1.165) is 5.56 Å². The standard InChI is InChI=1S/C15H18ClFN2OS/c1-7(2)19-14(21)18-12-8(3)15(19,4)20-13-10(12)5-9(16)6-11(13)17/h5-8,12H,1-4H3,(H,18,21). The molecule has 2 aliphatic heterocycles. The predicted molar refractivity (Wildman–Crippen MR) is 85.1 cm³/mol. The number of thiocarbonyl (C=S) groups is 1. The fourth-order valence-corrected chi connectivity index (χ4v) is 4.15. The highest BCUT2D eigenvalue weighted by Gasteiger charge is 2.54. The van der Waals surface area contributed by atoms with Crippen molar-refractivity contribution >= 4 is 28.9 Å². The van der Waals surface area contributed by atoms with E-state index >= 15 is 0 Å². The molecule has 0 aliphatic carbocycles. The molecule has 6 heteroatoms. The van der Waals surface area contributed by atoms with Crippen LogP contribution in [0.2, 0.25) is 5.02 Å². The van der Waals surface area contributed by atoms with E-state index in [1.54, 1.807) is 6.07 Å². The van der Waals surface area contributed by atoms with Gasteiger partial charge in [0.1, 0.15) is 0 Å². The molecule has 0 amide bonds. The summed E-state index contributed by atoms with van der Waals surface area (Å²) in [5.41, 5.74) is 0.0544. The van der Waals surface area contributed by atoms with E-state index in [1.165, 1.54) is 6.07 Å². The van der Waals surface area contributed by atoms with Crippen LogP contribution in [0.4, 0.5) is 4.39 Å². The van der Waals surface area contributed by atoms with Crippen LogP contribution in [0.25, 0.3) is 0 Å². The minimum absolute atomic E-state index is 0.0944. The Bertz CT molecular complexity index is 624. The van der Waals surface area contributed by atoms with E-state index in [1.807, 2.05) is 25.7 Å².